The number of morpholine rings is 1. The molecule has 6 nitrogen and oxygen atoms in total. The van der Waals surface area contributed by atoms with Crippen molar-refractivity contribution in [2.24, 2.45) is 5.92 Å². The molecule has 3 rings (SSSR count). The van der Waals surface area contributed by atoms with Gasteiger partial charge in [0.05, 0.1) is 19.8 Å². The summed E-state index contributed by atoms with van der Waals surface area (Å²) >= 11 is 0. The number of ether oxygens (including phenoxy) is 1. The fourth-order valence-corrected chi connectivity index (χ4v) is 3.45. The number of benzene rings is 1. The van der Waals surface area contributed by atoms with Crippen LogP contribution >= 0.6 is 0 Å². The molecular weight excluding hydrogens is 371 g/mol. The van der Waals surface area contributed by atoms with E-state index in [1.807, 2.05) is 15.7 Å². The average molecular weight is 403 g/mol. The lowest BCUT2D eigenvalue weighted by Crippen LogP contribution is -2.43. The summed E-state index contributed by atoms with van der Waals surface area (Å²) in [6.45, 7) is 10.0. The highest BCUT2D eigenvalue weighted by Crippen LogP contribution is 2.12. The molecule has 0 bridgehead atoms. The maximum Gasteiger partial charge on any atom is 0.223 e. The van der Waals surface area contributed by atoms with Gasteiger partial charge in [0, 0.05) is 51.5 Å². The molecule has 0 aliphatic carbocycles. The normalized spacial score (nSPS) is 15.0. The van der Waals surface area contributed by atoms with Crippen LogP contribution in [0.25, 0.3) is 0 Å². The molecule has 0 unspecified atom stereocenters. The van der Waals surface area contributed by atoms with E-state index in [-0.39, 0.29) is 11.7 Å². The highest BCUT2D eigenvalue weighted by molar-refractivity contribution is 5.76. The van der Waals surface area contributed by atoms with Gasteiger partial charge < -0.3 is 14.2 Å². The summed E-state index contributed by atoms with van der Waals surface area (Å²) in [5.41, 5.74) is 0.999. The smallest absolute Gasteiger partial charge is 0.223 e. The lowest BCUT2D eigenvalue weighted by molar-refractivity contribution is -0.133. The number of hydrogen-bond donors (Lipinski definition) is 0. The zero-order valence-electron chi connectivity index (χ0n) is 17.4. The first-order valence-electron chi connectivity index (χ1n) is 10.3. The van der Waals surface area contributed by atoms with Crippen LogP contribution < -0.4 is 0 Å². The summed E-state index contributed by atoms with van der Waals surface area (Å²) < 4.78 is 20.6. The molecule has 1 aromatic heterocycles. The third kappa shape index (κ3) is 6.65. The topological polar surface area (TPSA) is 50.6 Å². The molecule has 2 aromatic rings. The number of imidazole rings is 1. The monoisotopic (exact) mass is 402 g/mol. The van der Waals surface area contributed by atoms with E-state index in [1.165, 1.54) is 12.1 Å². The molecule has 1 amide bonds. The van der Waals surface area contributed by atoms with Gasteiger partial charge in [-0.15, -0.1) is 0 Å². The first-order chi connectivity index (χ1) is 14.0. The van der Waals surface area contributed by atoms with Gasteiger partial charge in [-0.2, -0.15) is 0 Å². The maximum atomic E-state index is 13.2. The Bertz CT molecular complexity index is 769. The first-order valence-corrected chi connectivity index (χ1v) is 10.3. The van der Waals surface area contributed by atoms with Crippen molar-refractivity contribution in [3.05, 3.63) is 53.9 Å². The van der Waals surface area contributed by atoms with Crippen molar-refractivity contribution >= 4 is 5.91 Å². The minimum absolute atomic E-state index is 0.157. The second-order valence-electron chi connectivity index (χ2n) is 7.97. The molecule has 2 heterocycles. The van der Waals surface area contributed by atoms with E-state index in [0.717, 1.165) is 44.2 Å². The highest BCUT2D eigenvalue weighted by atomic mass is 19.1. The summed E-state index contributed by atoms with van der Waals surface area (Å²) in [5, 5.41) is 0. The summed E-state index contributed by atoms with van der Waals surface area (Å²) in [4.78, 5) is 21.6. The van der Waals surface area contributed by atoms with E-state index in [9.17, 15) is 9.18 Å². The molecule has 1 saturated heterocycles. The molecule has 29 heavy (non-hydrogen) atoms. The molecule has 0 spiro atoms. The summed E-state index contributed by atoms with van der Waals surface area (Å²) in [7, 11) is 0. The van der Waals surface area contributed by atoms with Crippen LogP contribution in [-0.4, -0.2) is 64.7 Å². The van der Waals surface area contributed by atoms with Crippen LogP contribution in [0.15, 0.2) is 36.7 Å². The summed E-state index contributed by atoms with van der Waals surface area (Å²) in [5.74, 6) is 1.07. The van der Waals surface area contributed by atoms with Crippen molar-refractivity contribution in [2.75, 3.05) is 39.4 Å². The molecule has 0 atom stereocenters. The van der Waals surface area contributed by atoms with Gasteiger partial charge in [0.2, 0.25) is 5.91 Å². The first kappa shape index (κ1) is 21.5. The highest BCUT2D eigenvalue weighted by Gasteiger charge is 2.19. The summed E-state index contributed by atoms with van der Waals surface area (Å²) in [6.07, 6.45) is 4.19. The van der Waals surface area contributed by atoms with E-state index in [0.29, 0.717) is 32.0 Å². The van der Waals surface area contributed by atoms with E-state index in [4.69, 9.17) is 4.74 Å². The van der Waals surface area contributed by atoms with Gasteiger partial charge in [0.1, 0.15) is 11.6 Å². The number of nitrogens with zero attached hydrogens (tertiary/aromatic N) is 4. The maximum absolute atomic E-state index is 13.2. The van der Waals surface area contributed by atoms with Crippen molar-refractivity contribution in [2.45, 2.75) is 33.4 Å². The zero-order valence-corrected chi connectivity index (χ0v) is 17.4. The quantitative estimate of drug-likeness (QED) is 0.647. The van der Waals surface area contributed by atoms with Crippen LogP contribution in [0, 0.1) is 11.7 Å². The van der Waals surface area contributed by atoms with E-state index in [2.05, 4.69) is 23.7 Å². The molecule has 1 aliphatic heterocycles. The second-order valence-corrected chi connectivity index (χ2v) is 7.97. The van der Waals surface area contributed by atoms with Gasteiger partial charge in [-0.25, -0.2) is 9.37 Å². The van der Waals surface area contributed by atoms with Crippen LogP contribution in [0.1, 0.15) is 31.7 Å². The second kappa shape index (κ2) is 10.5. The largest absolute Gasteiger partial charge is 0.379 e. The molecule has 1 fully saturated rings. The molecule has 0 radical (unpaired) electrons. The number of rotatable bonds is 9. The minimum atomic E-state index is -0.242. The molecule has 0 saturated carbocycles. The Hall–Kier alpha value is -2.25. The van der Waals surface area contributed by atoms with Crippen LogP contribution in [0.4, 0.5) is 4.39 Å². The third-order valence-electron chi connectivity index (χ3n) is 5.13. The molecule has 7 heteroatoms. The molecule has 0 N–H and O–H groups in total. The summed E-state index contributed by atoms with van der Waals surface area (Å²) in [6, 6.07) is 6.48. The van der Waals surface area contributed by atoms with Crippen LogP contribution in [-0.2, 0) is 22.6 Å². The van der Waals surface area contributed by atoms with Crippen molar-refractivity contribution < 1.29 is 13.9 Å². The number of halogens is 1. The Morgan fingerprint density at radius 3 is 2.66 bits per heavy atom. The Kier molecular flexibility index (Phi) is 7.77. The van der Waals surface area contributed by atoms with Crippen LogP contribution in [0.2, 0.25) is 0 Å². The lowest BCUT2D eigenvalue weighted by atomic mass is 10.1. The van der Waals surface area contributed by atoms with Gasteiger partial charge in [0.15, 0.2) is 0 Å². The predicted molar refractivity (Wildman–Crippen MR) is 110 cm³/mol. The van der Waals surface area contributed by atoms with Gasteiger partial charge in [-0.05, 0) is 23.6 Å². The van der Waals surface area contributed by atoms with Crippen molar-refractivity contribution in [1.29, 1.82) is 0 Å². The van der Waals surface area contributed by atoms with Crippen molar-refractivity contribution in [3.8, 4) is 0 Å². The third-order valence-corrected chi connectivity index (χ3v) is 5.13. The Labute approximate surface area is 172 Å². The van der Waals surface area contributed by atoms with Crippen LogP contribution in [0.5, 0.6) is 0 Å². The Balaban J connectivity index is 1.67. The number of carbonyl (C=O) groups excluding carboxylic acids is 1. The van der Waals surface area contributed by atoms with Crippen molar-refractivity contribution in [1.82, 2.24) is 19.4 Å². The van der Waals surface area contributed by atoms with E-state index in [1.54, 1.807) is 18.3 Å². The zero-order chi connectivity index (χ0) is 20.6. The fourth-order valence-electron chi connectivity index (χ4n) is 3.45. The predicted octanol–water partition coefficient (Wildman–Crippen LogP) is 2.78. The number of aromatic nitrogens is 2. The molecule has 1 aliphatic rings. The number of carbonyl (C=O) groups is 1. The standard InChI is InChI=1S/C22H31FN4O2/c1-18(2)15-22(28)27(10-9-25-11-13-29-14-12-25)17-21-24-7-8-26(21)16-19-3-5-20(23)6-4-19/h3-8,18H,9-17H2,1-2H3. The van der Waals surface area contributed by atoms with Gasteiger partial charge in [0.25, 0.3) is 0 Å². The lowest BCUT2D eigenvalue weighted by Gasteiger charge is -2.30. The van der Waals surface area contributed by atoms with E-state index >= 15 is 0 Å². The number of hydrogen-bond acceptors (Lipinski definition) is 4. The average Bonchev–Trinajstić information content (AvgIpc) is 3.13. The van der Waals surface area contributed by atoms with Crippen molar-refractivity contribution in [3.63, 3.8) is 0 Å². The van der Waals surface area contributed by atoms with Gasteiger partial charge >= 0.3 is 0 Å². The molecule has 158 valence electrons. The SMILES string of the molecule is CC(C)CC(=O)N(CCN1CCOCC1)Cc1nccn1Cc1ccc(F)cc1. The Morgan fingerprint density at radius 2 is 1.97 bits per heavy atom. The minimum Gasteiger partial charge on any atom is -0.379 e. The van der Waals surface area contributed by atoms with Gasteiger partial charge in [-0.1, -0.05) is 26.0 Å². The van der Waals surface area contributed by atoms with Crippen LogP contribution in [0.3, 0.4) is 0 Å². The van der Waals surface area contributed by atoms with E-state index < -0.39 is 0 Å². The Morgan fingerprint density at radius 1 is 1.24 bits per heavy atom. The van der Waals surface area contributed by atoms with Gasteiger partial charge in [-0.3, -0.25) is 9.69 Å². The molecule has 1 aromatic carbocycles. The molecular formula is C22H31FN4O2. The fraction of sp³-hybridized carbons (Fsp3) is 0.545. The number of amides is 1.